The van der Waals surface area contributed by atoms with E-state index in [4.69, 9.17) is 0 Å². The van der Waals surface area contributed by atoms with Crippen molar-refractivity contribution in [2.75, 3.05) is 0 Å². The van der Waals surface area contributed by atoms with E-state index in [9.17, 15) is 5.11 Å². The fraction of sp³-hybridized carbons (Fsp3) is 0.400. The lowest BCUT2D eigenvalue weighted by molar-refractivity contribution is 0.134. The summed E-state index contributed by atoms with van der Waals surface area (Å²) in [6, 6.07) is 4.02. The number of hydrogen-bond donors (Lipinski definition) is 1. The second-order valence-corrected chi connectivity index (χ2v) is 6.26. The number of nitrogens with zero attached hydrogens (tertiary/aromatic N) is 3. The minimum atomic E-state index is -0.460. The van der Waals surface area contributed by atoms with Crippen LogP contribution in [0.4, 0.5) is 0 Å². The molecule has 0 aromatic carbocycles. The van der Waals surface area contributed by atoms with Gasteiger partial charge < -0.3 is 9.67 Å². The highest BCUT2D eigenvalue weighted by atomic mass is 79.9. The Morgan fingerprint density at radius 1 is 1.44 bits per heavy atom. The second-order valence-electron chi connectivity index (χ2n) is 3.80. The Bertz CT molecular complexity index is 522. The zero-order valence-corrected chi connectivity index (χ0v) is 10.8. The first-order valence-electron chi connectivity index (χ1n) is 5.12. The standard InChI is InChI=1S/C10H10BrN3OS/c11-8-4-3-7(16-8)10-13-12-9-6(15)2-1-5-14(9)10/h3-4,6,15H,1-2,5H2. The Kier molecular flexibility index (Phi) is 2.57. The molecule has 1 unspecified atom stereocenters. The number of aliphatic hydroxyl groups excluding tert-OH is 1. The summed E-state index contributed by atoms with van der Waals surface area (Å²) < 4.78 is 3.10. The van der Waals surface area contributed by atoms with Crippen molar-refractivity contribution in [2.45, 2.75) is 25.5 Å². The molecule has 2 aromatic heterocycles. The lowest BCUT2D eigenvalue weighted by Crippen LogP contribution is -2.16. The first-order chi connectivity index (χ1) is 7.75. The van der Waals surface area contributed by atoms with Crippen LogP contribution in [0, 0.1) is 0 Å². The fourth-order valence-electron chi connectivity index (χ4n) is 1.97. The lowest BCUT2D eigenvalue weighted by atomic mass is 10.1. The highest BCUT2D eigenvalue weighted by molar-refractivity contribution is 9.11. The average Bonchev–Trinajstić information content (AvgIpc) is 2.84. The van der Waals surface area contributed by atoms with E-state index in [1.807, 2.05) is 16.7 Å². The van der Waals surface area contributed by atoms with Gasteiger partial charge in [-0.05, 0) is 40.9 Å². The fourth-order valence-corrected chi connectivity index (χ4v) is 3.35. The first-order valence-corrected chi connectivity index (χ1v) is 6.73. The van der Waals surface area contributed by atoms with E-state index in [1.165, 1.54) is 0 Å². The lowest BCUT2D eigenvalue weighted by Gasteiger charge is -2.18. The van der Waals surface area contributed by atoms with Crippen molar-refractivity contribution in [3.63, 3.8) is 0 Å². The molecule has 1 aliphatic rings. The molecule has 0 amide bonds. The van der Waals surface area contributed by atoms with Crippen LogP contribution in [-0.2, 0) is 6.54 Å². The summed E-state index contributed by atoms with van der Waals surface area (Å²) in [6.45, 7) is 0.893. The summed E-state index contributed by atoms with van der Waals surface area (Å²) in [4.78, 5) is 1.08. The van der Waals surface area contributed by atoms with Gasteiger partial charge in [0.1, 0.15) is 6.10 Å². The van der Waals surface area contributed by atoms with Gasteiger partial charge in [-0.15, -0.1) is 21.5 Å². The van der Waals surface area contributed by atoms with Gasteiger partial charge in [0.05, 0.1) is 8.66 Å². The Balaban J connectivity index is 2.09. The number of aromatic nitrogens is 3. The van der Waals surface area contributed by atoms with Crippen molar-refractivity contribution in [1.82, 2.24) is 14.8 Å². The topological polar surface area (TPSA) is 50.9 Å². The van der Waals surface area contributed by atoms with E-state index in [0.29, 0.717) is 5.82 Å². The summed E-state index contributed by atoms with van der Waals surface area (Å²) in [5.74, 6) is 1.57. The van der Waals surface area contributed by atoms with Crippen LogP contribution in [0.25, 0.3) is 10.7 Å². The smallest absolute Gasteiger partial charge is 0.174 e. The van der Waals surface area contributed by atoms with Gasteiger partial charge >= 0.3 is 0 Å². The third-order valence-electron chi connectivity index (χ3n) is 2.73. The minimum absolute atomic E-state index is 0.460. The van der Waals surface area contributed by atoms with Gasteiger partial charge in [-0.2, -0.15) is 0 Å². The van der Waals surface area contributed by atoms with Crippen molar-refractivity contribution >= 4 is 27.3 Å². The molecule has 3 heterocycles. The van der Waals surface area contributed by atoms with Gasteiger partial charge in [0, 0.05) is 6.54 Å². The highest BCUT2D eigenvalue weighted by Crippen LogP contribution is 2.33. The number of thiophene rings is 1. The Labute approximate surface area is 105 Å². The Hall–Kier alpha value is -0.720. The minimum Gasteiger partial charge on any atom is -0.385 e. The van der Waals surface area contributed by atoms with Crippen molar-refractivity contribution in [3.05, 3.63) is 21.7 Å². The van der Waals surface area contributed by atoms with Crippen LogP contribution in [0.3, 0.4) is 0 Å². The number of rotatable bonds is 1. The third-order valence-corrected chi connectivity index (χ3v) is 4.35. The molecule has 0 fully saturated rings. The highest BCUT2D eigenvalue weighted by Gasteiger charge is 2.24. The zero-order chi connectivity index (χ0) is 11.1. The van der Waals surface area contributed by atoms with Gasteiger partial charge in [0.25, 0.3) is 0 Å². The molecule has 0 saturated carbocycles. The zero-order valence-electron chi connectivity index (χ0n) is 8.43. The Morgan fingerprint density at radius 3 is 3.06 bits per heavy atom. The molecular formula is C10H10BrN3OS. The molecule has 0 bridgehead atoms. The maximum Gasteiger partial charge on any atom is 0.174 e. The van der Waals surface area contributed by atoms with Gasteiger partial charge in [0.15, 0.2) is 11.6 Å². The van der Waals surface area contributed by atoms with Crippen LogP contribution in [0.1, 0.15) is 24.8 Å². The second kappa shape index (κ2) is 3.94. The van der Waals surface area contributed by atoms with E-state index in [2.05, 4.69) is 26.1 Å². The molecule has 1 aliphatic heterocycles. The van der Waals surface area contributed by atoms with Gasteiger partial charge in [-0.25, -0.2) is 0 Å². The molecule has 16 heavy (non-hydrogen) atoms. The van der Waals surface area contributed by atoms with E-state index in [0.717, 1.165) is 33.9 Å². The van der Waals surface area contributed by atoms with E-state index >= 15 is 0 Å². The normalized spacial score (nSPS) is 19.8. The summed E-state index contributed by atoms with van der Waals surface area (Å²) in [6.07, 6.45) is 1.30. The van der Waals surface area contributed by atoms with Gasteiger partial charge in [-0.3, -0.25) is 0 Å². The van der Waals surface area contributed by atoms with Crippen LogP contribution in [-0.4, -0.2) is 19.9 Å². The predicted octanol–water partition coefficient (Wildman–Crippen LogP) is 2.60. The molecule has 4 nitrogen and oxygen atoms in total. The van der Waals surface area contributed by atoms with E-state index < -0.39 is 6.10 Å². The van der Waals surface area contributed by atoms with Crippen LogP contribution < -0.4 is 0 Å². The molecule has 0 radical (unpaired) electrons. The monoisotopic (exact) mass is 299 g/mol. The number of fused-ring (bicyclic) bond motifs is 1. The van der Waals surface area contributed by atoms with Crippen molar-refractivity contribution < 1.29 is 5.11 Å². The summed E-state index contributed by atoms with van der Waals surface area (Å²) >= 11 is 5.07. The van der Waals surface area contributed by atoms with Crippen LogP contribution in [0.5, 0.6) is 0 Å². The van der Waals surface area contributed by atoms with Crippen molar-refractivity contribution in [3.8, 4) is 10.7 Å². The van der Waals surface area contributed by atoms with Crippen molar-refractivity contribution in [1.29, 1.82) is 0 Å². The van der Waals surface area contributed by atoms with E-state index in [-0.39, 0.29) is 0 Å². The van der Waals surface area contributed by atoms with E-state index in [1.54, 1.807) is 11.3 Å². The quantitative estimate of drug-likeness (QED) is 0.880. The number of aliphatic hydroxyl groups is 1. The van der Waals surface area contributed by atoms with Crippen molar-refractivity contribution in [2.24, 2.45) is 0 Å². The largest absolute Gasteiger partial charge is 0.385 e. The van der Waals surface area contributed by atoms with Crippen LogP contribution in [0.15, 0.2) is 15.9 Å². The number of hydrogen-bond acceptors (Lipinski definition) is 4. The predicted molar refractivity (Wildman–Crippen MR) is 65.2 cm³/mol. The van der Waals surface area contributed by atoms with Crippen LogP contribution >= 0.6 is 27.3 Å². The molecular weight excluding hydrogens is 290 g/mol. The SMILES string of the molecule is OC1CCCn2c(-c3ccc(Br)s3)nnc21. The molecule has 0 aliphatic carbocycles. The molecule has 0 saturated heterocycles. The molecule has 84 valence electrons. The average molecular weight is 300 g/mol. The first kappa shape index (κ1) is 10.4. The molecule has 0 spiro atoms. The third kappa shape index (κ3) is 1.61. The molecule has 6 heteroatoms. The maximum atomic E-state index is 9.80. The van der Waals surface area contributed by atoms with Crippen LogP contribution in [0.2, 0.25) is 0 Å². The van der Waals surface area contributed by atoms with Gasteiger partial charge in [-0.1, -0.05) is 0 Å². The van der Waals surface area contributed by atoms with Gasteiger partial charge in [0.2, 0.25) is 0 Å². The maximum absolute atomic E-state index is 9.80. The summed E-state index contributed by atoms with van der Waals surface area (Å²) in [5, 5.41) is 18.0. The number of halogens is 1. The molecule has 2 aromatic rings. The Morgan fingerprint density at radius 2 is 2.31 bits per heavy atom. The molecule has 1 atom stereocenters. The summed E-state index contributed by atoms with van der Waals surface area (Å²) in [5.41, 5.74) is 0. The molecule has 1 N–H and O–H groups in total. The molecule has 3 rings (SSSR count). The summed E-state index contributed by atoms with van der Waals surface area (Å²) in [7, 11) is 0.